The average Bonchev–Trinajstić information content (AvgIpc) is 3.24. The lowest BCUT2D eigenvalue weighted by Gasteiger charge is -2.34. The fraction of sp³-hybridized carbons (Fsp3) is 0.391. The third-order valence-corrected chi connectivity index (χ3v) is 7.45. The van der Waals surface area contributed by atoms with Crippen LogP contribution in [0.15, 0.2) is 47.0 Å². The number of sulfonamides is 1. The van der Waals surface area contributed by atoms with Gasteiger partial charge in [0.25, 0.3) is 0 Å². The first-order valence-corrected chi connectivity index (χ1v) is 12.9. The molecule has 0 amide bonds. The molecule has 3 aromatic rings. The zero-order valence-corrected chi connectivity index (χ0v) is 19.7. The van der Waals surface area contributed by atoms with Crippen molar-refractivity contribution in [2.45, 2.75) is 13.0 Å². The van der Waals surface area contributed by atoms with Gasteiger partial charge >= 0.3 is 0 Å². The molecular formula is C23H28N6O3S. The maximum Gasteiger partial charge on any atom is 0.227 e. The fourth-order valence-corrected chi connectivity index (χ4v) is 5.02. The zero-order chi connectivity index (χ0) is 23.0. The highest BCUT2D eigenvalue weighted by atomic mass is 32.2. The second-order valence-corrected chi connectivity index (χ2v) is 10.6. The summed E-state index contributed by atoms with van der Waals surface area (Å²) in [4.78, 5) is 13.7. The summed E-state index contributed by atoms with van der Waals surface area (Å²) in [5.41, 5.74) is 3.66. The maximum absolute atomic E-state index is 11.9. The van der Waals surface area contributed by atoms with Crippen molar-refractivity contribution in [2.75, 3.05) is 56.2 Å². The first kappa shape index (κ1) is 21.9. The Labute approximate surface area is 194 Å². The van der Waals surface area contributed by atoms with Gasteiger partial charge in [-0.2, -0.15) is 4.31 Å². The predicted octanol–water partition coefficient (Wildman–Crippen LogP) is 2.55. The van der Waals surface area contributed by atoms with E-state index < -0.39 is 10.0 Å². The molecule has 2 aliphatic rings. The second kappa shape index (κ2) is 8.77. The van der Waals surface area contributed by atoms with Gasteiger partial charge in [0.15, 0.2) is 5.76 Å². The molecule has 0 saturated carbocycles. The Balaban J connectivity index is 1.29. The highest BCUT2D eigenvalue weighted by Gasteiger charge is 2.26. The molecule has 10 heteroatoms. The lowest BCUT2D eigenvalue weighted by molar-refractivity contribution is 0.313. The van der Waals surface area contributed by atoms with E-state index in [4.69, 9.17) is 4.42 Å². The van der Waals surface area contributed by atoms with Crippen LogP contribution >= 0.6 is 0 Å². The molecule has 1 saturated heterocycles. The predicted molar refractivity (Wildman–Crippen MR) is 128 cm³/mol. The monoisotopic (exact) mass is 468 g/mol. The van der Waals surface area contributed by atoms with E-state index in [1.807, 2.05) is 18.2 Å². The molecule has 0 aliphatic carbocycles. The van der Waals surface area contributed by atoms with Crippen molar-refractivity contribution in [3.63, 3.8) is 0 Å². The molecule has 0 radical (unpaired) electrons. The van der Waals surface area contributed by atoms with Crippen LogP contribution in [-0.2, 0) is 23.0 Å². The summed E-state index contributed by atoms with van der Waals surface area (Å²) < 4.78 is 31.2. The Morgan fingerprint density at radius 2 is 1.79 bits per heavy atom. The first-order chi connectivity index (χ1) is 15.8. The van der Waals surface area contributed by atoms with Crippen LogP contribution < -0.4 is 10.2 Å². The SMILES string of the molecule is CN1CCN(c2ccc(Nc3nccc(-c4cc5c(o4)CCN(S(C)(=O)=O)C5)n3)cc2)CC1. The van der Waals surface area contributed by atoms with Crippen molar-refractivity contribution in [3.8, 4) is 11.5 Å². The molecule has 1 N–H and O–H groups in total. The molecule has 1 aromatic carbocycles. The summed E-state index contributed by atoms with van der Waals surface area (Å²) in [5, 5.41) is 3.26. The first-order valence-electron chi connectivity index (χ1n) is 11.1. The number of hydrogen-bond acceptors (Lipinski definition) is 8. The minimum absolute atomic E-state index is 0.327. The summed E-state index contributed by atoms with van der Waals surface area (Å²) in [7, 11) is -1.07. The van der Waals surface area contributed by atoms with E-state index in [2.05, 4.69) is 44.3 Å². The van der Waals surface area contributed by atoms with Crippen LogP contribution in [0.4, 0.5) is 17.3 Å². The van der Waals surface area contributed by atoms with Crippen LogP contribution in [0.3, 0.4) is 0 Å². The lowest BCUT2D eigenvalue weighted by Crippen LogP contribution is -2.44. The number of likely N-dealkylation sites (N-methyl/N-ethyl adjacent to an activating group) is 1. The minimum Gasteiger partial charge on any atom is -0.459 e. The zero-order valence-electron chi connectivity index (χ0n) is 18.9. The second-order valence-electron chi connectivity index (χ2n) is 8.63. The molecule has 1 fully saturated rings. The summed E-state index contributed by atoms with van der Waals surface area (Å²) in [6.45, 7) is 4.96. The summed E-state index contributed by atoms with van der Waals surface area (Å²) >= 11 is 0. The largest absolute Gasteiger partial charge is 0.459 e. The van der Waals surface area contributed by atoms with Crippen LogP contribution in [0, 0.1) is 0 Å². The van der Waals surface area contributed by atoms with Gasteiger partial charge in [-0.1, -0.05) is 0 Å². The van der Waals surface area contributed by atoms with Gasteiger partial charge in [0.1, 0.15) is 11.5 Å². The Bertz CT molecular complexity index is 1230. The number of benzene rings is 1. The van der Waals surface area contributed by atoms with Gasteiger partial charge in [-0.3, -0.25) is 0 Å². The van der Waals surface area contributed by atoms with E-state index in [9.17, 15) is 8.42 Å². The van der Waals surface area contributed by atoms with Gasteiger partial charge in [-0.15, -0.1) is 0 Å². The number of piperazine rings is 1. The molecular weight excluding hydrogens is 440 g/mol. The van der Waals surface area contributed by atoms with Crippen molar-refractivity contribution >= 4 is 27.3 Å². The van der Waals surface area contributed by atoms with E-state index in [0.717, 1.165) is 43.2 Å². The lowest BCUT2D eigenvalue weighted by atomic mass is 10.1. The van der Waals surface area contributed by atoms with Crippen molar-refractivity contribution in [3.05, 3.63) is 53.9 Å². The van der Waals surface area contributed by atoms with Crippen molar-refractivity contribution in [1.82, 2.24) is 19.2 Å². The summed E-state index contributed by atoms with van der Waals surface area (Å²) in [6.07, 6.45) is 3.48. The van der Waals surface area contributed by atoms with Crippen LogP contribution in [0.5, 0.6) is 0 Å². The van der Waals surface area contributed by atoms with Crippen LogP contribution in [0.25, 0.3) is 11.5 Å². The number of rotatable bonds is 5. The van der Waals surface area contributed by atoms with Gasteiger partial charge in [0.05, 0.1) is 6.26 Å². The highest BCUT2D eigenvalue weighted by molar-refractivity contribution is 7.88. The van der Waals surface area contributed by atoms with E-state index in [1.165, 1.54) is 16.2 Å². The topological polar surface area (TPSA) is 94.8 Å². The van der Waals surface area contributed by atoms with Crippen LogP contribution in [0.1, 0.15) is 11.3 Å². The number of furan rings is 1. The molecule has 2 aliphatic heterocycles. The highest BCUT2D eigenvalue weighted by Crippen LogP contribution is 2.30. The number of anilines is 3. The van der Waals surface area contributed by atoms with Crippen molar-refractivity contribution in [2.24, 2.45) is 0 Å². The van der Waals surface area contributed by atoms with Crippen molar-refractivity contribution in [1.29, 1.82) is 0 Å². The average molecular weight is 469 g/mol. The van der Waals surface area contributed by atoms with E-state index >= 15 is 0 Å². The Hall–Kier alpha value is -2.95. The molecule has 5 rings (SSSR count). The third kappa shape index (κ3) is 4.87. The van der Waals surface area contributed by atoms with Gasteiger partial charge in [-0.05, 0) is 43.4 Å². The quantitative estimate of drug-likeness (QED) is 0.611. The van der Waals surface area contributed by atoms with E-state index in [-0.39, 0.29) is 0 Å². The molecule has 2 aromatic heterocycles. The number of hydrogen-bond donors (Lipinski definition) is 1. The molecule has 0 atom stereocenters. The van der Waals surface area contributed by atoms with E-state index in [1.54, 1.807) is 12.3 Å². The molecule has 0 unspecified atom stereocenters. The standard InChI is InChI=1S/C23H28N6O3S/c1-27-11-13-28(14-12-27)19-5-3-18(4-6-19)25-23-24-9-7-20(26-23)22-15-17-16-29(33(2,30)31)10-8-21(17)32-22/h3-7,9,15H,8,10-14,16H2,1-2H3,(H,24,25,26). The van der Waals surface area contributed by atoms with Crippen molar-refractivity contribution < 1.29 is 12.8 Å². The molecule has 0 bridgehead atoms. The summed E-state index contributed by atoms with van der Waals surface area (Å²) in [5.74, 6) is 1.91. The third-order valence-electron chi connectivity index (χ3n) is 6.20. The smallest absolute Gasteiger partial charge is 0.227 e. The minimum atomic E-state index is -3.23. The molecule has 0 spiro atoms. The van der Waals surface area contributed by atoms with Gasteiger partial charge in [0.2, 0.25) is 16.0 Å². The van der Waals surface area contributed by atoms with Crippen LogP contribution in [0.2, 0.25) is 0 Å². The van der Waals surface area contributed by atoms with Crippen LogP contribution in [-0.4, -0.2) is 73.6 Å². The Morgan fingerprint density at radius 3 is 2.52 bits per heavy atom. The number of fused-ring (bicyclic) bond motifs is 1. The molecule has 4 heterocycles. The number of nitrogens with zero attached hydrogens (tertiary/aromatic N) is 5. The van der Waals surface area contributed by atoms with Gasteiger partial charge in [-0.25, -0.2) is 18.4 Å². The van der Waals surface area contributed by atoms with Gasteiger partial charge in [0, 0.05) is 68.8 Å². The Kier molecular flexibility index (Phi) is 5.81. The molecule has 174 valence electrons. The molecule has 9 nitrogen and oxygen atoms in total. The number of aromatic nitrogens is 2. The fourth-order valence-electron chi connectivity index (χ4n) is 4.22. The maximum atomic E-state index is 11.9. The Morgan fingerprint density at radius 1 is 1.03 bits per heavy atom. The number of nitrogens with one attached hydrogen (secondary N) is 1. The normalized spacial score (nSPS) is 17.7. The summed E-state index contributed by atoms with van der Waals surface area (Å²) in [6, 6.07) is 12.0. The molecule has 33 heavy (non-hydrogen) atoms. The van der Waals surface area contributed by atoms with E-state index in [0.29, 0.717) is 36.9 Å². The van der Waals surface area contributed by atoms with Gasteiger partial charge < -0.3 is 19.5 Å².